The van der Waals surface area contributed by atoms with Crippen LogP contribution in [-0.2, 0) is 13.2 Å². The molecule has 0 atom stereocenters. The second kappa shape index (κ2) is 7.18. The van der Waals surface area contributed by atoms with Crippen molar-refractivity contribution in [1.29, 1.82) is 0 Å². The van der Waals surface area contributed by atoms with Crippen molar-refractivity contribution in [2.45, 2.75) is 27.0 Å². The molecule has 0 unspecified atom stereocenters. The number of hydrogen-bond acceptors (Lipinski definition) is 2. The molecule has 0 aliphatic rings. The average Bonchev–Trinajstić information content (AvgIpc) is 2.47. The lowest BCUT2D eigenvalue weighted by Crippen LogP contribution is -2.13. The molecule has 0 amide bonds. The molecule has 21 heavy (non-hydrogen) atoms. The summed E-state index contributed by atoms with van der Waals surface area (Å²) in [5.41, 5.74) is 2.35. The van der Waals surface area contributed by atoms with E-state index in [-0.39, 0.29) is 12.2 Å². The smallest absolute Gasteiger partial charge is 0.130 e. The van der Waals surface area contributed by atoms with E-state index in [1.54, 1.807) is 0 Å². The van der Waals surface area contributed by atoms with E-state index >= 15 is 0 Å². The van der Waals surface area contributed by atoms with Crippen molar-refractivity contribution in [3.05, 3.63) is 64.7 Å². The third kappa shape index (κ3) is 4.26. The van der Waals surface area contributed by atoms with Gasteiger partial charge in [-0.3, -0.25) is 0 Å². The Hall–Kier alpha value is -1.94. The molecule has 0 radical (unpaired) electrons. The lowest BCUT2D eigenvalue weighted by molar-refractivity contribution is 0.295. The van der Waals surface area contributed by atoms with Gasteiger partial charge in [-0.25, -0.2) is 8.78 Å². The second-order valence-electron chi connectivity index (χ2n) is 4.92. The molecule has 2 aromatic rings. The highest BCUT2D eigenvalue weighted by Crippen LogP contribution is 2.22. The molecule has 0 saturated carbocycles. The molecule has 0 aliphatic heterocycles. The van der Waals surface area contributed by atoms with Gasteiger partial charge >= 0.3 is 0 Å². The van der Waals surface area contributed by atoms with Crippen LogP contribution in [0.2, 0.25) is 0 Å². The summed E-state index contributed by atoms with van der Waals surface area (Å²) in [6.07, 6.45) is 0. The molecule has 0 aromatic heterocycles. The number of rotatable bonds is 6. The van der Waals surface area contributed by atoms with Crippen LogP contribution < -0.4 is 10.1 Å². The Kier molecular flexibility index (Phi) is 5.28. The minimum absolute atomic E-state index is 0.00573. The van der Waals surface area contributed by atoms with Gasteiger partial charge in [0.05, 0.1) is 0 Å². The van der Waals surface area contributed by atoms with Gasteiger partial charge in [0.15, 0.2) is 0 Å². The van der Waals surface area contributed by atoms with Gasteiger partial charge in [-0.1, -0.05) is 24.6 Å². The SMILES string of the molecule is CCNCc1cc(C)ccc1OCc1cc(F)ccc1F. The van der Waals surface area contributed by atoms with Gasteiger partial charge in [0.1, 0.15) is 24.0 Å². The van der Waals surface area contributed by atoms with E-state index in [9.17, 15) is 8.78 Å². The Labute approximate surface area is 123 Å². The van der Waals surface area contributed by atoms with Crippen LogP contribution >= 0.6 is 0 Å². The molecule has 1 N–H and O–H groups in total. The van der Waals surface area contributed by atoms with E-state index in [0.29, 0.717) is 12.3 Å². The van der Waals surface area contributed by atoms with E-state index in [1.807, 2.05) is 32.0 Å². The quantitative estimate of drug-likeness (QED) is 0.869. The summed E-state index contributed by atoms with van der Waals surface area (Å²) < 4.78 is 32.4. The van der Waals surface area contributed by atoms with E-state index in [2.05, 4.69) is 5.32 Å². The first-order chi connectivity index (χ1) is 10.1. The first-order valence-electron chi connectivity index (χ1n) is 6.97. The van der Waals surface area contributed by atoms with Crippen molar-refractivity contribution >= 4 is 0 Å². The fourth-order valence-electron chi connectivity index (χ4n) is 2.06. The highest BCUT2D eigenvalue weighted by atomic mass is 19.1. The molecule has 0 heterocycles. The van der Waals surface area contributed by atoms with Crippen molar-refractivity contribution in [2.24, 2.45) is 0 Å². The predicted molar refractivity (Wildman–Crippen MR) is 79.2 cm³/mol. The maximum absolute atomic E-state index is 13.6. The van der Waals surface area contributed by atoms with Crippen LogP contribution in [0.3, 0.4) is 0 Å². The van der Waals surface area contributed by atoms with Crippen LogP contribution in [0.25, 0.3) is 0 Å². The molecule has 0 bridgehead atoms. The molecule has 2 nitrogen and oxygen atoms in total. The lowest BCUT2D eigenvalue weighted by Gasteiger charge is -2.13. The fourth-order valence-corrected chi connectivity index (χ4v) is 2.06. The van der Waals surface area contributed by atoms with E-state index < -0.39 is 11.6 Å². The molecule has 112 valence electrons. The van der Waals surface area contributed by atoms with Crippen molar-refractivity contribution in [3.8, 4) is 5.75 Å². The summed E-state index contributed by atoms with van der Waals surface area (Å²) in [5, 5.41) is 3.24. The number of benzene rings is 2. The lowest BCUT2D eigenvalue weighted by atomic mass is 10.1. The number of hydrogen-bond donors (Lipinski definition) is 1. The highest BCUT2D eigenvalue weighted by molar-refractivity contribution is 5.37. The summed E-state index contributed by atoms with van der Waals surface area (Å²) in [5.74, 6) is -0.242. The summed E-state index contributed by atoms with van der Waals surface area (Å²) in [7, 11) is 0. The summed E-state index contributed by atoms with van der Waals surface area (Å²) >= 11 is 0. The summed E-state index contributed by atoms with van der Waals surface area (Å²) in [4.78, 5) is 0. The molecule has 0 spiro atoms. The zero-order valence-electron chi connectivity index (χ0n) is 12.2. The van der Waals surface area contributed by atoms with Gasteiger partial charge in [0.25, 0.3) is 0 Å². The first kappa shape index (κ1) is 15.4. The largest absolute Gasteiger partial charge is 0.488 e. The van der Waals surface area contributed by atoms with Crippen LogP contribution in [0.15, 0.2) is 36.4 Å². The van der Waals surface area contributed by atoms with E-state index in [4.69, 9.17) is 4.74 Å². The van der Waals surface area contributed by atoms with Gasteiger partial charge in [-0.2, -0.15) is 0 Å². The molecule has 2 rings (SSSR count). The first-order valence-corrected chi connectivity index (χ1v) is 6.97. The van der Waals surface area contributed by atoms with E-state index in [1.165, 1.54) is 0 Å². The molecule has 0 saturated heterocycles. The maximum atomic E-state index is 13.6. The fraction of sp³-hybridized carbons (Fsp3) is 0.294. The number of aryl methyl sites for hydroxylation is 1. The average molecular weight is 291 g/mol. The van der Waals surface area contributed by atoms with Crippen molar-refractivity contribution in [2.75, 3.05) is 6.54 Å². The predicted octanol–water partition coefficient (Wildman–Crippen LogP) is 3.96. The monoisotopic (exact) mass is 291 g/mol. The highest BCUT2D eigenvalue weighted by Gasteiger charge is 2.08. The molecular weight excluding hydrogens is 272 g/mol. The van der Waals surface area contributed by atoms with Gasteiger partial charge in [0.2, 0.25) is 0 Å². The number of halogens is 2. The minimum atomic E-state index is -0.466. The topological polar surface area (TPSA) is 21.3 Å². The Morgan fingerprint density at radius 1 is 1.05 bits per heavy atom. The van der Waals surface area contributed by atoms with E-state index in [0.717, 1.165) is 35.9 Å². The van der Waals surface area contributed by atoms with Crippen LogP contribution in [-0.4, -0.2) is 6.54 Å². The van der Waals surface area contributed by atoms with Gasteiger partial charge in [0, 0.05) is 17.7 Å². The molecule has 2 aromatic carbocycles. The Morgan fingerprint density at radius 2 is 1.86 bits per heavy atom. The second-order valence-corrected chi connectivity index (χ2v) is 4.92. The third-order valence-electron chi connectivity index (χ3n) is 3.17. The Bertz CT molecular complexity index is 614. The van der Waals surface area contributed by atoms with Crippen molar-refractivity contribution in [1.82, 2.24) is 5.32 Å². The minimum Gasteiger partial charge on any atom is -0.488 e. The molecule has 4 heteroatoms. The van der Waals surface area contributed by atoms with Crippen molar-refractivity contribution < 1.29 is 13.5 Å². The number of ether oxygens (including phenoxy) is 1. The normalized spacial score (nSPS) is 10.7. The zero-order chi connectivity index (χ0) is 15.2. The Balaban J connectivity index is 2.13. The van der Waals surface area contributed by atoms with Gasteiger partial charge in [-0.15, -0.1) is 0 Å². The molecular formula is C17H19F2NO. The third-order valence-corrected chi connectivity index (χ3v) is 3.17. The summed E-state index contributed by atoms with van der Waals surface area (Å²) in [6, 6.07) is 9.20. The Morgan fingerprint density at radius 3 is 2.62 bits per heavy atom. The summed E-state index contributed by atoms with van der Waals surface area (Å²) in [6.45, 7) is 5.57. The molecule has 0 fully saturated rings. The zero-order valence-corrected chi connectivity index (χ0v) is 12.2. The van der Waals surface area contributed by atoms with Gasteiger partial charge < -0.3 is 10.1 Å². The van der Waals surface area contributed by atoms with Crippen molar-refractivity contribution in [3.63, 3.8) is 0 Å². The standard InChI is InChI=1S/C17H19F2NO/c1-3-20-10-13-8-12(2)4-7-17(13)21-11-14-9-15(18)5-6-16(14)19/h4-9,20H,3,10-11H2,1-2H3. The number of nitrogens with one attached hydrogen (secondary N) is 1. The van der Waals surface area contributed by atoms with Crippen LogP contribution in [0.1, 0.15) is 23.6 Å². The van der Waals surface area contributed by atoms with Gasteiger partial charge in [-0.05, 0) is 37.7 Å². The molecule has 0 aliphatic carbocycles. The van der Waals surface area contributed by atoms with Crippen LogP contribution in [0, 0.1) is 18.6 Å². The maximum Gasteiger partial charge on any atom is 0.130 e. The van der Waals surface area contributed by atoms with Crippen LogP contribution in [0.5, 0.6) is 5.75 Å². The van der Waals surface area contributed by atoms with Crippen LogP contribution in [0.4, 0.5) is 8.78 Å².